The van der Waals surface area contributed by atoms with Gasteiger partial charge in [0.15, 0.2) is 0 Å². The van der Waals surface area contributed by atoms with E-state index in [4.69, 9.17) is 0 Å². The van der Waals surface area contributed by atoms with E-state index in [-0.39, 0.29) is 0 Å². The molecule has 0 fully saturated rings. The topological polar surface area (TPSA) is 12.0 Å². The van der Waals surface area contributed by atoms with Crippen LogP contribution < -0.4 is 5.32 Å². The molecule has 0 saturated carbocycles. The Kier molecular flexibility index (Phi) is 4.68. The lowest BCUT2D eigenvalue weighted by atomic mass is 10.1. The minimum Gasteiger partial charge on any atom is -0.310 e. The molecule has 2 atom stereocenters. The molecule has 1 nitrogen and oxygen atoms in total. The van der Waals surface area contributed by atoms with Crippen LogP contribution in [0.3, 0.4) is 0 Å². The first kappa shape index (κ1) is 11.3. The van der Waals surface area contributed by atoms with Crippen molar-refractivity contribution in [3.05, 3.63) is 35.9 Å². The first-order valence-electron chi connectivity index (χ1n) is 5.52. The molecule has 78 valence electrons. The maximum absolute atomic E-state index is 3.55. The van der Waals surface area contributed by atoms with E-state index in [9.17, 15) is 0 Å². The predicted molar refractivity (Wildman–Crippen MR) is 62.3 cm³/mol. The average molecular weight is 191 g/mol. The van der Waals surface area contributed by atoms with E-state index in [1.54, 1.807) is 0 Å². The fourth-order valence-electron chi connectivity index (χ4n) is 1.38. The Labute approximate surface area is 87.5 Å². The summed E-state index contributed by atoms with van der Waals surface area (Å²) in [5.74, 6) is 0.765. The summed E-state index contributed by atoms with van der Waals surface area (Å²) in [6.45, 7) is 7.84. The molecular weight excluding hydrogens is 170 g/mol. The molecule has 0 spiro atoms. The Morgan fingerprint density at radius 3 is 2.36 bits per heavy atom. The van der Waals surface area contributed by atoms with E-state index in [1.165, 1.54) is 12.0 Å². The fourth-order valence-corrected chi connectivity index (χ4v) is 1.38. The van der Waals surface area contributed by atoms with Crippen LogP contribution in [0.25, 0.3) is 0 Å². The first-order chi connectivity index (χ1) is 6.74. The highest BCUT2D eigenvalue weighted by Crippen LogP contribution is 2.11. The molecule has 0 aromatic heterocycles. The van der Waals surface area contributed by atoms with Gasteiger partial charge < -0.3 is 5.32 Å². The van der Waals surface area contributed by atoms with Gasteiger partial charge in [-0.2, -0.15) is 0 Å². The summed E-state index contributed by atoms with van der Waals surface area (Å²) < 4.78 is 0. The number of rotatable bonds is 5. The summed E-state index contributed by atoms with van der Waals surface area (Å²) in [5, 5.41) is 3.55. The fraction of sp³-hybridized carbons (Fsp3) is 0.538. The summed E-state index contributed by atoms with van der Waals surface area (Å²) in [6, 6.07) is 11.1. The van der Waals surface area contributed by atoms with Crippen LogP contribution in [-0.4, -0.2) is 6.54 Å². The second-order valence-corrected chi connectivity index (χ2v) is 4.05. The standard InChI is InChI=1S/C13H21N/c1-4-11(2)10-14-12(3)13-8-6-5-7-9-13/h5-9,11-12,14H,4,10H2,1-3H3/t11-,12?/m0/s1. The molecule has 0 saturated heterocycles. The van der Waals surface area contributed by atoms with Gasteiger partial charge in [-0.15, -0.1) is 0 Å². The summed E-state index contributed by atoms with van der Waals surface area (Å²) >= 11 is 0. The molecule has 1 rings (SSSR count). The second-order valence-electron chi connectivity index (χ2n) is 4.05. The molecule has 0 bridgehead atoms. The van der Waals surface area contributed by atoms with Gasteiger partial charge in [-0.25, -0.2) is 0 Å². The van der Waals surface area contributed by atoms with Crippen LogP contribution in [-0.2, 0) is 0 Å². The van der Waals surface area contributed by atoms with E-state index in [2.05, 4.69) is 56.4 Å². The third-order valence-corrected chi connectivity index (χ3v) is 2.77. The van der Waals surface area contributed by atoms with Crippen LogP contribution >= 0.6 is 0 Å². The van der Waals surface area contributed by atoms with E-state index in [0.717, 1.165) is 12.5 Å². The van der Waals surface area contributed by atoms with Gasteiger partial charge >= 0.3 is 0 Å². The van der Waals surface area contributed by atoms with Gasteiger partial charge in [0.25, 0.3) is 0 Å². The van der Waals surface area contributed by atoms with Gasteiger partial charge in [0.1, 0.15) is 0 Å². The van der Waals surface area contributed by atoms with Gasteiger partial charge in [-0.3, -0.25) is 0 Å². The summed E-state index contributed by atoms with van der Waals surface area (Å²) in [6.07, 6.45) is 1.24. The van der Waals surface area contributed by atoms with Crippen LogP contribution in [0.4, 0.5) is 0 Å². The minimum absolute atomic E-state index is 0.463. The van der Waals surface area contributed by atoms with Crippen molar-refractivity contribution < 1.29 is 0 Å². The molecular formula is C13H21N. The van der Waals surface area contributed by atoms with Gasteiger partial charge in [-0.1, -0.05) is 50.6 Å². The van der Waals surface area contributed by atoms with Gasteiger partial charge in [0.2, 0.25) is 0 Å². The molecule has 0 amide bonds. The van der Waals surface area contributed by atoms with Crippen LogP contribution in [0, 0.1) is 5.92 Å². The molecule has 1 aromatic carbocycles. The second kappa shape index (κ2) is 5.82. The highest BCUT2D eigenvalue weighted by Gasteiger charge is 2.05. The molecule has 0 aliphatic rings. The van der Waals surface area contributed by atoms with Crippen LogP contribution in [0.5, 0.6) is 0 Å². The van der Waals surface area contributed by atoms with Crippen molar-refractivity contribution in [2.24, 2.45) is 5.92 Å². The van der Waals surface area contributed by atoms with Crippen molar-refractivity contribution in [3.8, 4) is 0 Å². The molecule has 1 unspecified atom stereocenters. The van der Waals surface area contributed by atoms with Crippen molar-refractivity contribution in [3.63, 3.8) is 0 Å². The summed E-state index contributed by atoms with van der Waals surface area (Å²) in [7, 11) is 0. The average Bonchev–Trinajstić information content (AvgIpc) is 2.26. The number of hydrogen-bond acceptors (Lipinski definition) is 1. The third-order valence-electron chi connectivity index (χ3n) is 2.77. The van der Waals surface area contributed by atoms with Crippen LogP contribution in [0.15, 0.2) is 30.3 Å². The summed E-state index contributed by atoms with van der Waals surface area (Å²) in [4.78, 5) is 0. The van der Waals surface area contributed by atoms with Crippen LogP contribution in [0.2, 0.25) is 0 Å². The molecule has 1 heteroatoms. The molecule has 0 radical (unpaired) electrons. The van der Waals surface area contributed by atoms with Crippen molar-refractivity contribution in [2.45, 2.75) is 33.2 Å². The largest absolute Gasteiger partial charge is 0.310 e. The smallest absolute Gasteiger partial charge is 0.0291 e. The number of nitrogens with one attached hydrogen (secondary N) is 1. The Morgan fingerprint density at radius 2 is 1.79 bits per heavy atom. The van der Waals surface area contributed by atoms with E-state index >= 15 is 0 Å². The number of benzene rings is 1. The predicted octanol–water partition coefficient (Wildman–Crippen LogP) is 3.38. The lowest BCUT2D eigenvalue weighted by molar-refractivity contribution is 0.461. The minimum atomic E-state index is 0.463. The molecule has 0 aliphatic carbocycles. The highest BCUT2D eigenvalue weighted by atomic mass is 14.9. The zero-order valence-corrected chi connectivity index (χ0v) is 9.46. The SMILES string of the molecule is CC[C@H](C)CNC(C)c1ccccc1. The maximum Gasteiger partial charge on any atom is 0.0291 e. The lowest BCUT2D eigenvalue weighted by Gasteiger charge is -2.16. The Balaban J connectivity index is 2.39. The Bertz CT molecular complexity index is 243. The Hall–Kier alpha value is -0.820. The molecule has 1 N–H and O–H groups in total. The maximum atomic E-state index is 3.55. The molecule has 0 heterocycles. The van der Waals surface area contributed by atoms with Crippen molar-refractivity contribution >= 4 is 0 Å². The quantitative estimate of drug-likeness (QED) is 0.752. The van der Waals surface area contributed by atoms with E-state index in [0.29, 0.717) is 6.04 Å². The van der Waals surface area contributed by atoms with Crippen molar-refractivity contribution in [1.82, 2.24) is 5.32 Å². The number of hydrogen-bond donors (Lipinski definition) is 1. The molecule has 1 aromatic rings. The Morgan fingerprint density at radius 1 is 1.14 bits per heavy atom. The highest BCUT2D eigenvalue weighted by molar-refractivity contribution is 5.17. The lowest BCUT2D eigenvalue weighted by Crippen LogP contribution is -2.24. The summed E-state index contributed by atoms with van der Waals surface area (Å²) in [5.41, 5.74) is 1.37. The normalized spacial score (nSPS) is 15.1. The first-order valence-corrected chi connectivity index (χ1v) is 5.52. The third kappa shape index (κ3) is 3.51. The monoisotopic (exact) mass is 191 g/mol. The van der Waals surface area contributed by atoms with Crippen LogP contribution in [0.1, 0.15) is 38.8 Å². The zero-order valence-electron chi connectivity index (χ0n) is 9.46. The molecule has 0 aliphatic heterocycles. The zero-order chi connectivity index (χ0) is 10.4. The van der Waals surface area contributed by atoms with Gasteiger partial charge in [-0.05, 0) is 24.9 Å². The van der Waals surface area contributed by atoms with E-state index < -0.39 is 0 Å². The van der Waals surface area contributed by atoms with Gasteiger partial charge in [0.05, 0.1) is 0 Å². The van der Waals surface area contributed by atoms with Crippen molar-refractivity contribution in [2.75, 3.05) is 6.54 Å². The van der Waals surface area contributed by atoms with E-state index in [1.807, 2.05) is 0 Å². The molecule has 14 heavy (non-hydrogen) atoms. The van der Waals surface area contributed by atoms with Gasteiger partial charge in [0, 0.05) is 6.04 Å². The van der Waals surface area contributed by atoms with Crippen molar-refractivity contribution in [1.29, 1.82) is 0 Å².